The van der Waals surface area contributed by atoms with Gasteiger partial charge in [0.1, 0.15) is 48.3 Å². The smallest absolute Gasteiger partial charge is 0.246 e. The number of carbonyl (C=O) groups is 10. The molecule has 13 atom stereocenters. The third-order valence-corrected chi connectivity index (χ3v) is 16.7. The molecule has 0 aromatic rings. The van der Waals surface area contributed by atoms with Gasteiger partial charge in [0.05, 0.1) is 18.7 Å². The van der Waals surface area contributed by atoms with Crippen LogP contribution < -0.4 is 21.3 Å². The molecule has 1 aliphatic heterocycles. The minimum absolute atomic E-state index is 0.00884. The number of aliphatic hydroxyl groups is 1. The lowest BCUT2D eigenvalue weighted by Gasteiger charge is -2.44. The molecule has 0 bridgehead atoms. The first-order chi connectivity index (χ1) is 39.2. The van der Waals surface area contributed by atoms with Crippen LogP contribution in [0.25, 0.3) is 0 Å². The van der Waals surface area contributed by atoms with E-state index < -0.39 is 150 Å². The van der Waals surface area contributed by atoms with Crippen molar-refractivity contribution in [2.24, 2.45) is 41.4 Å². The van der Waals surface area contributed by atoms with E-state index in [0.29, 0.717) is 19.3 Å². The zero-order chi connectivity index (χ0) is 66.0. The van der Waals surface area contributed by atoms with Crippen molar-refractivity contribution in [1.82, 2.24) is 55.6 Å². The topological polar surface area (TPSA) is 262 Å². The van der Waals surface area contributed by atoms with Crippen LogP contribution in [0.4, 0.5) is 0 Å². The maximum atomic E-state index is 15.3. The second-order valence-electron chi connectivity index (χ2n) is 26.6. The minimum atomic E-state index is -1.56. The summed E-state index contributed by atoms with van der Waals surface area (Å²) in [5.41, 5.74) is 0. The average Bonchev–Trinajstić information content (AvgIpc) is 3.62. The number of hydrogen-bond acceptors (Lipinski definition) is 12. The van der Waals surface area contributed by atoms with E-state index in [2.05, 4.69) is 21.3 Å². The summed E-state index contributed by atoms with van der Waals surface area (Å²) in [6.07, 6.45) is 3.82. The lowest BCUT2D eigenvalue weighted by Crippen LogP contribution is -2.63. The summed E-state index contributed by atoms with van der Waals surface area (Å²) in [5, 5.41) is 23.3. The monoisotopic (exact) mass is 1200 g/mol. The molecular weight excluding hydrogens is 1090 g/mol. The van der Waals surface area contributed by atoms with Gasteiger partial charge in [-0.05, 0) is 115 Å². The number of carbonyl (C=O) groups excluding carboxylic acids is 10. The van der Waals surface area contributed by atoms with Gasteiger partial charge in [0, 0.05) is 54.4 Å². The summed E-state index contributed by atoms with van der Waals surface area (Å²) in [7, 11) is 10.7. The van der Waals surface area contributed by atoms with E-state index in [0.717, 1.165) is 9.80 Å². The number of amides is 10. The second kappa shape index (κ2) is 35.2. The third kappa shape index (κ3) is 21.9. The molecule has 1 fully saturated rings. The van der Waals surface area contributed by atoms with Crippen LogP contribution in [0.1, 0.15) is 163 Å². The lowest BCUT2D eigenvalue weighted by molar-refractivity contribution is -0.155. The molecule has 0 aromatic heterocycles. The molecule has 1 heterocycles. The van der Waals surface area contributed by atoms with E-state index >= 15 is 9.59 Å². The molecule has 1 unspecified atom stereocenters. The highest BCUT2D eigenvalue weighted by Gasteiger charge is 2.45. The van der Waals surface area contributed by atoms with Gasteiger partial charge in [-0.3, -0.25) is 52.8 Å². The Morgan fingerprint density at radius 1 is 0.494 bits per heavy atom. The van der Waals surface area contributed by atoms with Gasteiger partial charge in [-0.25, -0.2) is 0 Å². The molecule has 85 heavy (non-hydrogen) atoms. The van der Waals surface area contributed by atoms with Crippen molar-refractivity contribution in [2.75, 3.05) is 55.9 Å². The quantitative estimate of drug-likeness (QED) is 0.145. The van der Waals surface area contributed by atoms with Crippen molar-refractivity contribution in [3.05, 3.63) is 12.2 Å². The summed E-state index contributed by atoms with van der Waals surface area (Å²) >= 11 is 0. The number of aliphatic hydroxyl groups excluding tert-OH is 1. The summed E-state index contributed by atoms with van der Waals surface area (Å²) in [4.78, 5) is 155. The Hall–Kier alpha value is -5.64. The van der Waals surface area contributed by atoms with Crippen LogP contribution in [0.2, 0.25) is 0 Å². The Morgan fingerprint density at radius 2 is 0.965 bits per heavy atom. The predicted octanol–water partition coefficient (Wildman–Crippen LogP) is 4.13. The molecule has 0 radical (unpaired) electrons. The fraction of sp³-hybridized carbons (Fsp3) is 0.810. The number of likely N-dealkylation sites (N-methyl/N-ethyl adjacent to an activating group) is 7. The van der Waals surface area contributed by atoms with Crippen LogP contribution in [0.3, 0.4) is 0 Å². The van der Waals surface area contributed by atoms with Crippen LogP contribution in [0, 0.1) is 41.4 Å². The van der Waals surface area contributed by atoms with Gasteiger partial charge >= 0.3 is 0 Å². The van der Waals surface area contributed by atoms with Crippen molar-refractivity contribution < 1.29 is 53.1 Å². The van der Waals surface area contributed by atoms with Crippen LogP contribution in [-0.4, -0.2) is 227 Å². The van der Waals surface area contributed by atoms with Crippen molar-refractivity contribution in [2.45, 2.75) is 236 Å². The standard InChI is InChI=1S/C63H115N11O11/c1-26-28-29-41(15)54(76)53-58(80)66-45(27-2)60(82)68(19)34-50(75)70(21)47(31-36(5)6)57(79)67-51(39(11)12)62(84)72(23)48(32-37(7)8)56(78)64-42(16)55(77)65-43(17)59(81)71(22)46(30-35(3)4)44(18)69(20)49(33-38(9)10)61(83)73(24)52(40(13)14)63(85)74(53)25/h26,28,35-49,51-54,76H,27,29-34H2,1-25H3,(H,64,78)(H,65,77)(H,66,80)(H,67,79)/t41-,42+,43-,44?,45+,46+,47+,48+,49+,51+,52+,53+,54-/m1/s1. The molecule has 5 N–H and O–H groups in total. The molecule has 1 aliphatic rings. The van der Waals surface area contributed by atoms with Crippen molar-refractivity contribution >= 4 is 59.1 Å². The molecule has 0 saturated carbocycles. The third-order valence-electron chi connectivity index (χ3n) is 16.7. The molecule has 0 spiro atoms. The van der Waals surface area contributed by atoms with Crippen molar-refractivity contribution in [3.8, 4) is 0 Å². The van der Waals surface area contributed by atoms with Gasteiger partial charge in [-0.1, -0.05) is 109 Å². The van der Waals surface area contributed by atoms with Gasteiger partial charge in [0.25, 0.3) is 0 Å². The van der Waals surface area contributed by atoms with E-state index in [9.17, 15) is 43.5 Å². The van der Waals surface area contributed by atoms with Crippen LogP contribution >= 0.6 is 0 Å². The highest BCUT2D eigenvalue weighted by atomic mass is 16.3. The normalized spacial score (nSPS) is 28.0. The molecule has 1 saturated heterocycles. The van der Waals surface area contributed by atoms with Gasteiger partial charge in [0.15, 0.2) is 0 Å². The maximum absolute atomic E-state index is 15.3. The Balaban J connectivity index is 4.32. The highest BCUT2D eigenvalue weighted by Crippen LogP contribution is 2.27. The van der Waals surface area contributed by atoms with Gasteiger partial charge in [-0.2, -0.15) is 0 Å². The zero-order valence-electron chi connectivity index (χ0n) is 56.7. The van der Waals surface area contributed by atoms with Gasteiger partial charge < -0.3 is 55.8 Å². The van der Waals surface area contributed by atoms with E-state index in [1.807, 2.05) is 93.3 Å². The van der Waals surface area contributed by atoms with Crippen LogP contribution in [0.5, 0.6) is 0 Å². The largest absolute Gasteiger partial charge is 0.390 e. The first-order valence-corrected chi connectivity index (χ1v) is 31.0. The molecule has 488 valence electrons. The number of hydrogen-bond donors (Lipinski definition) is 5. The predicted molar refractivity (Wildman–Crippen MR) is 333 cm³/mol. The fourth-order valence-corrected chi connectivity index (χ4v) is 11.2. The Labute approximate surface area is 511 Å². The number of nitrogens with zero attached hydrogens (tertiary/aromatic N) is 7. The van der Waals surface area contributed by atoms with E-state index in [4.69, 9.17) is 0 Å². The Kier molecular flexibility index (Phi) is 32.1. The molecule has 10 amide bonds. The summed E-state index contributed by atoms with van der Waals surface area (Å²) in [6.45, 7) is 32.3. The van der Waals surface area contributed by atoms with Crippen molar-refractivity contribution in [3.63, 3.8) is 0 Å². The number of allylic oxidation sites excluding steroid dienone is 2. The second-order valence-corrected chi connectivity index (χ2v) is 26.6. The van der Waals surface area contributed by atoms with Crippen LogP contribution in [0.15, 0.2) is 12.2 Å². The van der Waals surface area contributed by atoms with Crippen molar-refractivity contribution in [1.29, 1.82) is 0 Å². The molecule has 0 aromatic carbocycles. The first kappa shape index (κ1) is 77.4. The average molecular weight is 1200 g/mol. The van der Waals surface area contributed by atoms with E-state index in [1.165, 1.54) is 49.8 Å². The summed E-state index contributed by atoms with van der Waals surface area (Å²) < 4.78 is 0. The summed E-state index contributed by atoms with van der Waals surface area (Å²) in [6, 6.07) is -11.3. The Bertz CT molecular complexity index is 2270. The molecule has 0 aliphatic carbocycles. The van der Waals surface area contributed by atoms with E-state index in [-0.39, 0.29) is 48.8 Å². The molecule has 22 nitrogen and oxygen atoms in total. The Morgan fingerprint density at radius 3 is 1.44 bits per heavy atom. The first-order valence-electron chi connectivity index (χ1n) is 31.0. The summed E-state index contributed by atoms with van der Waals surface area (Å²) in [5.74, 6) is -7.78. The van der Waals surface area contributed by atoms with Gasteiger partial charge in [0.2, 0.25) is 59.1 Å². The highest BCUT2D eigenvalue weighted by molar-refractivity contribution is 5.98. The SMILES string of the molecule is CC=CC[C@@H](C)[C@@H](O)[C@H]1C(=O)N[C@@H](CC)C(=O)N(C)CC(=O)N(C)[C@@H](CC(C)C)C(=O)N[C@@H](C(C)C)C(=O)N(C)[C@@H](CC(C)C)C(=O)N[C@@H](C)C(=O)N[C@H](C)C(=O)N(C)[C@@H](CC(C)C)C(C)N(C)[C@@H](CC(C)C)C(=O)N(C)[C@@H](C(C)C)C(=O)N1C. The molecule has 22 heteroatoms. The number of nitrogens with one attached hydrogen (secondary N) is 4. The minimum Gasteiger partial charge on any atom is -0.390 e. The lowest BCUT2D eigenvalue weighted by atomic mass is 9.91. The van der Waals surface area contributed by atoms with Gasteiger partial charge in [-0.15, -0.1) is 0 Å². The van der Waals surface area contributed by atoms with E-state index in [1.54, 1.807) is 67.5 Å². The molecule has 1 rings (SSSR count). The number of rotatable bonds is 15. The maximum Gasteiger partial charge on any atom is 0.246 e. The molecular formula is C63H115N11O11. The zero-order valence-corrected chi connectivity index (χ0v) is 56.7. The van der Waals surface area contributed by atoms with Crippen LogP contribution in [-0.2, 0) is 47.9 Å². The fourth-order valence-electron chi connectivity index (χ4n) is 11.2.